The molecule has 0 spiro atoms. The van der Waals surface area contributed by atoms with Crippen LogP contribution in [0.4, 0.5) is 0 Å². The number of hydrogen-bond donors (Lipinski definition) is 2. The van der Waals surface area contributed by atoms with Gasteiger partial charge in [0.05, 0.1) is 5.57 Å². The number of para-hydroxylation sites is 1. The number of imide groups is 1. The zero-order chi connectivity index (χ0) is 14.1. The molecule has 0 saturated carbocycles. The number of H-pyrrole nitrogens is 1. The van der Waals surface area contributed by atoms with Crippen molar-refractivity contribution >= 4 is 28.3 Å². The van der Waals surface area contributed by atoms with Crippen molar-refractivity contribution in [1.82, 2.24) is 9.88 Å². The molecule has 0 saturated heterocycles. The van der Waals surface area contributed by atoms with Crippen LogP contribution in [0.5, 0.6) is 0 Å². The maximum atomic E-state index is 12.3. The van der Waals surface area contributed by atoms with Crippen LogP contribution in [-0.4, -0.2) is 40.0 Å². The van der Waals surface area contributed by atoms with Crippen molar-refractivity contribution in [3.63, 3.8) is 0 Å². The molecular weight excluding hydrogens is 256 g/mol. The molecule has 1 aliphatic heterocycles. The largest absolute Gasteiger partial charge is 0.396 e. The van der Waals surface area contributed by atoms with Crippen LogP contribution in [0.1, 0.15) is 12.0 Å². The van der Waals surface area contributed by atoms with Gasteiger partial charge in [-0.1, -0.05) is 18.2 Å². The van der Waals surface area contributed by atoms with Crippen LogP contribution in [0.3, 0.4) is 0 Å². The standard InChI is InChI=1S/C15H14N2O3/c18-7-3-6-17-14(19)8-11(15(17)20)12-9-16-13-5-2-1-4-10(12)13/h1-2,4-5,8-9,16,18H,3,6-7H2. The molecule has 2 aromatic rings. The second-order valence-electron chi connectivity index (χ2n) is 4.68. The van der Waals surface area contributed by atoms with Gasteiger partial charge in [0.2, 0.25) is 0 Å². The minimum absolute atomic E-state index is 0.0422. The third kappa shape index (κ3) is 1.92. The van der Waals surface area contributed by atoms with Crippen molar-refractivity contribution in [1.29, 1.82) is 0 Å². The number of carbonyl (C=O) groups excluding carboxylic acids is 2. The molecule has 0 radical (unpaired) electrons. The van der Waals surface area contributed by atoms with Gasteiger partial charge in [-0.2, -0.15) is 0 Å². The average Bonchev–Trinajstić information content (AvgIpc) is 2.99. The molecule has 102 valence electrons. The maximum absolute atomic E-state index is 12.3. The van der Waals surface area contributed by atoms with Crippen molar-refractivity contribution in [3.05, 3.63) is 42.1 Å². The minimum atomic E-state index is -0.316. The molecule has 2 heterocycles. The molecule has 0 unspecified atom stereocenters. The van der Waals surface area contributed by atoms with Crippen LogP contribution in [0, 0.1) is 0 Å². The number of benzene rings is 1. The van der Waals surface area contributed by atoms with E-state index in [-0.39, 0.29) is 25.0 Å². The molecule has 2 amide bonds. The lowest BCUT2D eigenvalue weighted by Crippen LogP contribution is -2.32. The number of amides is 2. The highest BCUT2D eigenvalue weighted by molar-refractivity contribution is 6.35. The van der Waals surface area contributed by atoms with Crippen LogP contribution in [0.25, 0.3) is 16.5 Å². The summed E-state index contributed by atoms with van der Waals surface area (Å²) < 4.78 is 0. The topological polar surface area (TPSA) is 73.4 Å². The van der Waals surface area contributed by atoms with E-state index in [0.717, 1.165) is 16.5 Å². The van der Waals surface area contributed by atoms with E-state index in [9.17, 15) is 9.59 Å². The fraction of sp³-hybridized carbons (Fsp3) is 0.200. The SMILES string of the molecule is O=C1C=C(c2c[nH]c3ccccc23)C(=O)N1CCCO. The molecule has 0 fully saturated rings. The van der Waals surface area contributed by atoms with Gasteiger partial charge >= 0.3 is 0 Å². The van der Waals surface area contributed by atoms with E-state index in [4.69, 9.17) is 5.11 Å². The zero-order valence-corrected chi connectivity index (χ0v) is 10.8. The third-order valence-corrected chi connectivity index (χ3v) is 3.43. The Morgan fingerprint density at radius 3 is 2.80 bits per heavy atom. The number of nitrogens with zero attached hydrogens (tertiary/aromatic N) is 1. The quantitative estimate of drug-likeness (QED) is 0.822. The van der Waals surface area contributed by atoms with Crippen molar-refractivity contribution in [3.8, 4) is 0 Å². The first kappa shape index (κ1) is 12.6. The summed E-state index contributed by atoms with van der Waals surface area (Å²) in [5.74, 6) is -0.614. The Hall–Kier alpha value is -2.40. The molecule has 1 aliphatic rings. The van der Waals surface area contributed by atoms with Crippen molar-refractivity contribution in [2.24, 2.45) is 0 Å². The van der Waals surface area contributed by atoms with Crippen molar-refractivity contribution < 1.29 is 14.7 Å². The van der Waals surface area contributed by atoms with E-state index in [2.05, 4.69) is 4.98 Å². The second kappa shape index (κ2) is 4.94. The molecule has 2 N–H and O–H groups in total. The van der Waals surface area contributed by atoms with Crippen molar-refractivity contribution in [2.75, 3.05) is 13.2 Å². The molecule has 20 heavy (non-hydrogen) atoms. The molecule has 0 aliphatic carbocycles. The summed E-state index contributed by atoms with van der Waals surface area (Å²) >= 11 is 0. The van der Waals surface area contributed by atoms with Crippen LogP contribution < -0.4 is 0 Å². The second-order valence-corrected chi connectivity index (χ2v) is 4.68. The van der Waals surface area contributed by atoms with Gasteiger partial charge in [-0.05, 0) is 12.5 Å². The molecule has 1 aromatic carbocycles. The van der Waals surface area contributed by atoms with E-state index >= 15 is 0 Å². The monoisotopic (exact) mass is 270 g/mol. The average molecular weight is 270 g/mol. The first-order chi connectivity index (χ1) is 9.72. The summed E-state index contributed by atoms with van der Waals surface area (Å²) in [6.45, 7) is 0.204. The van der Waals surface area contributed by atoms with Gasteiger partial charge in [0.25, 0.3) is 11.8 Å². The third-order valence-electron chi connectivity index (χ3n) is 3.43. The normalized spacial score (nSPS) is 15.2. The highest BCUT2D eigenvalue weighted by atomic mass is 16.3. The number of carbonyl (C=O) groups is 2. The van der Waals surface area contributed by atoms with Crippen molar-refractivity contribution in [2.45, 2.75) is 6.42 Å². The Kier molecular flexibility index (Phi) is 3.12. The number of nitrogens with one attached hydrogen (secondary N) is 1. The number of rotatable bonds is 4. The molecular formula is C15H14N2O3. The number of aromatic nitrogens is 1. The maximum Gasteiger partial charge on any atom is 0.261 e. The highest BCUT2D eigenvalue weighted by Crippen LogP contribution is 2.29. The van der Waals surface area contributed by atoms with Gasteiger partial charge in [0.1, 0.15) is 0 Å². The van der Waals surface area contributed by atoms with Gasteiger partial charge in [-0.3, -0.25) is 14.5 Å². The van der Waals surface area contributed by atoms with Gasteiger partial charge in [0.15, 0.2) is 0 Å². The van der Waals surface area contributed by atoms with Gasteiger partial charge in [-0.25, -0.2) is 0 Å². The lowest BCUT2D eigenvalue weighted by Gasteiger charge is -2.13. The van der Waals surface area contributed by atoms with Crippen LogP contribution in [0.15, 0.2) is 36.5 Å². The number of hydrogen-bond acceptors (Lipinski definition) is 3. The molecule has 3 rings (SSSR count). The Morgan fingerprint density at radius 2 is 2.00 bits per heavy atom. The van der Waals surface area contributed by atoms with E-state index < -0.39 is 0 Å². The summed E-state index contributed by atoms with van der Waals surface area (Å²) in [6, 6.07) is 7.64. The molecule has 5 heteroatoms. The smallest absolute Gasteiger partial charge is 0.261 e. The van der Waals surface area contributed by atoms with Crippen LogP contribution in [-0.2, 0) is 9.59 Å². The lowest BCUT2D eigenvalue weighted by atomic mass is 10.1. The Morgan fingerprint density at radius 1 is 1.20 bits per heavy atom. The lowest BCUT2D eigenvalue weighted by molar-refractivity contribution is -0.136. The predicted octanol–water partition coefficient (Wildman–Crippen LogP) is 1.30. The summed E-state index contributed by atoms with van der Waals surface area (Å²) in [6.07, 6.45) is 3.51. The van der Waals surface area contributed by atoms with Gasteiger partial charge in [0, 0.05) is 41.9 Å². The van der Waals surface area contributed by atoms with E-state index in [0.29, 0.717) is 12.0 Å². The van der Waals surface area contributed by atoms with E-state index in [1.807, 2.05) is 24.3 Å². The summed E-state index contributed by atoms with van der Waals surface area (Å²) in [5.41, 5.74) is 2.08. The van der Waals surface area contributed by atoms with Crippen LogP contribution >= 0.6 is 0 Å². The first-order valence-corrected chi connectivity index (χ1v) is 6.47. The Labute approximate surface area is 115 Å². The summed E-state index contributed by atoms with van der Waals surface area (Å²) in [4.78, 5) is 28.4. The Bertz CT molecular complexity index is 715. The van der Waals surface area contributed by atoms with E-state index in [1.165, 1.54) is 11.0 Å². The zero-order valence-electron chi connectivity index (χ0n) is 10.8. The first-order valence-electron chi connectivity index (χ1n) is 6.47. The molecule has 0 atom stereocenters. The number of aromatic amines is 1. The predicted molar refractivity (Wildman–Crippen MR) is 74.7 cm³/mol. The number of aliphatic hydroxyl groups excluding tert-OH is 1. The summed E-state index contributed by atoms with van der Waals surface area (Å²) in [7, 11) is 0. The molecule has 1 aromatic heterocycles. The fourth-order valence-corrected chi connectivity index (χ4v) is 2.44. The van der Waals surface area contributed by atoms with Gasteiger partial charge in [-0.15, -0.1) is 0 Å². The van der Waals surface area contributed by atoms with Crippen LogP contribution in [0.2, 0.25) is 0 Å². The molecule has 5 nitrogen and oxygen atoms in total. The molecule has 0 bridgehead atoms. The fourth-order valence-electron chi connectivity index (χ4n) is 2.44. The summed E-state index contributed by atoms with van der Waals surface area (Å²) in [5, 5.41) is 9.74. The van der Waals surface area contributed by atoms with Gasteiger partial charge < -0.3 is 10.1 Å². The highest BCUT2D eigenvalue weighted by Gasteiger charge is 2.32. The number of aliphatic hydroxyl groups is 1. The number of fused-ring (bicyclic) bond motifs is 1. The van der Waals surface area contributed by atoms with E-state index in [1.54, 1.807) is 6.20 Å². The minimum Gasteiger partial charge on any atom is -0.396 e. The Balaban J connectivity index is 1.97.